The van der Waals surface area contributed by atoms with E-state index in [0.29, 0.717) is 23.0 Å². The van der Waals surface area contributed by atoms with Crippen LogP contribution in [0.5, 0.6) is 0 Å². The molecule has 0 spiro atoms. The van der Waals surface area contributed by atoms with Gasteiger partial charge in [-0.3, -0.25) is 10.1 Å². The lowest BCUT2D eigenvalue weighted by Crippen LogP contribution is -2.20. The summed E-state index contributed by atoms with van der Waals surface area (Å²) in [5.74, 6) is 0.0548. The summed E-state index contributed by atoms with van der Waals surface area (Å²) in [4.78, 5) is 19.6. The van der Waals surface area contributed by atoms with Gasteiger partial charge in [-0.1, -0.05) is 35.1 Å². The second kappa shape index (κ2) is 6.34. The molecule has 1 aliphatic heterocycles. The molecule has 0 saturated carbocycles. The molecule has 0 aliphatic carbocycles. The number of carbonyl (C=O) groups excluding carboxylic acids is 1. The number of nitrogens with zero attached hydrogens (tertiary/aromatic N) is 2. The van der Waals surface area contributed by atoms with E-state index in [0.717, 1.165) is 44.7 Å². The van der Waals surface area contributed by atoms with Crippen molar-refractivity contribution in [2.45, 2.75) is 13.0 Å². The molecule has 0 radical (unpaired) electrons. The molecule has 27 heavy (non-hydrogen) atoms. The Balaban J connectivity index is 1.58. The van der Waals surface area contributed by atoms with Gasteiger partial charge in [0.25, 0.3) is 5.91 Å². The molecule has 2 aromatic carbocycles. The summed E-state index contributed by atoms with van der Waals surface area (Å²) in [6.45, 7) is 1.52. The molecule has 5 nitrogen and oxygen atoms in total. The molecule has 7 heteroatoms. The quantitative estimate of drug-likeness (QED) is 0.520. The van der Waals surface area contributed by atoms with Crippen molar-refractivity contribution in [1.82, 2.24) is 9.88 Å². The van der Waals surface area contributed by atoms with Crippen molar-refractivity contribution in [3.05, 3.63) is 58.3 Å². The summed E-state index contributed by atoms with van der Waals surface area (Å²) in [7, 11) is 2.04. The number of hydrogen-bond donors (Lipinski definition) is 1. The van der Waals surface area contributed by atoms with Crippen LogP contribution in [0.4, 0.5) is 5.13 Å². The topological polar surface area (TPSA) is 58.4 Å². The van der Waals surface area contributed by atoms with E-state index in [1.165, 1.54) is 11.3 Å². The number of aromatic nitrogens is 1. The van der Waals surface area contributed by atoms with Crippen molar-refractivity contribution in [3.8, 4) is 0 Å². The summed E-state index contributed by atoms with van der Waals surface area (Å²) < 4.78 is 6.99. The van der Waals surface area contributed by atoms with E-state index < -0.39 is 0 Å². The van der Waals surface area contributed by atoms with Crippen LogP contribution in [-0.2, 0) is 13.0 Å². The Kier molecular flexibility index (Phi) is 3.93. The third-order valence-electron chi connectivity index (χ3n) is 4.90. The molecule has 0 atom stereocenters. The summed E-state index contributed by atoms with van der Waals surface area (Å²) in [6.07, 6.45) is 0.831. The normalized spacial score (nSPS) is 14.6. The molecular weight excluding hydrogens is 382 g/mol. The number of fused-ring (bicyclic) bond motifs is 1. The van der Waals surface area contributed by atoms with Crippen molar-refractivity contribution in [2.24, 2.45) is 0 Å². The first-order chi connectivity index (χ1) is 13.1. The van der Waals surface area contributed by atoms with Crippen molar-refractivity contribution >= 4 is 55.2 Å². The maximum atomic E-state index is 13.0. The standard InChI is InChI=1S/C20H16ClN3O2S/c1-24-9-8-11-13(21)6-7-15-17(11)12(10-24)18(26-15)19(25)23-20-22-14-4-2-3-5-16(14)27-20/h2-7H,8-10H2,1H3,(H,22,23,25). The van der Waals surface area contributed by atoms with Gasteiger partial charge in [-0.25, -0.2) is 4.98 Å². The van der Waals surface area contributed by atoms with Gasteiger partial charge in [-0.15, -0.1) is 0 Å². The van der Waals surface area contributed by atoms with Gasteiger partial charge in [0.15, 0.2) is 10.9 Å². The van der Waals surface area contributed by atoms with E-state index in [2.05, 4.69) is 15.2 Å². The number of rotatable bonds is 2. The van der Waals surface area contributed by atoms with Crippen LogP contribution in [-0.4, -0.2) is 29.4 Å². The van der Waals surface area contributed by atoms with Gasteiger partial charge in [0, 0.05) is 29.1 Å². The van der Waals surface area contributed by atoms with Gasteiger partial charge in [0.05, 0.1) is 10.2 Å². The van der Waals surface area contributed by atoms with Gasteiger partial charge < -0.3 is 9.32 Å². The number of para-hydroxylation sites is 1. The minimum atomic E-state index is -0.280. The zero-order chi connectivity index (χ0) is 18.5. The SMILES string of the molecule is CN1CCc2c(Cl)ccc3oc(C(=O)Nc4nc5ccccc5s4)c(c23)C1. The smallest absolute Gasteiger partial charge is 0.293 e. The number of hydrogen-bond acceptors (Lipinski definition) is 5. The Labute approximate surface area is 164 Å². The summed E-state index contributed by atoms with van der Waals surface area (Å²) in [5.41, 5.74) is 3.51. The third-order valence-corrected chi connectivity index (χ3v) is 6.20. The Morgan fingerprint density at radius 3 is 2.96 bits per heavy atom. The van der Waals surface area contributed by atoms with Crippen LogP contribution in [0, 0.1) is 0 Å². The van der Waals surface area contributed by atoms with Gasteiger partial charge >= 0.3 is 0 Å². The van der Waals surface area contributed by atoms with Crippen molar-refractivity contribution in [2.75, 3.05) is 18.9 Å². The fraction of sp³-hybridized carbons (Fsp3) is 0.200. The maximum absolute atomic E-state index is 13.0. The zero-order valence-corrected chi connectivity index (χ0v) is 16.2. The second-order valence-electron chi connectivity index (χ2n) is 6.74. The lowest BCUT2D eigenvalue weighted by molar-refractivity contribution is 0.0996. The lowest BCUT2D eigenvalue weighted by Gasteiger charge is -2.13. The second-order valence-corrected chi connectivity index (χ2v) is 8.18. The number of benzene rings is 2. The summed E-state index contributed by atoms with van der Waals surface area (Å²) in [6, 6.07) is 11.5. The third kappa shape index (κ3) is 2.81. The molecule has 3 heterocycles. The van der Waals surface area contributed by atoms with Crippen LogP contribution in [0.25, 0.3) is 21.2 Å². The highest BCUT2D eigenvalue weighted by molar-refractivity contribution is 7.22. The highest BCUT2D eigenvalue weighted by Crippen LogP contribution is 2.36. The van der Waals surface area contributed by atoms with Crippen LogP contribution in [0.15, 0.2) is 40.8 Å². The van der Waals surface area contributed by atoms with E-state index in [4.69, 9.17) is 16.0 Å². The molecule has 136 valence electrons. The molecule has 0 fully saturated rings. The monoisotopic (exact) mass is 397 g/mol. The van der Waals surface area contributed by atoms with Crippen molar-refractivity contribution in [3.63, 3.8) is 0 Å². The minimum absolute atomic E-state index is 0.280. The maximum Gasteiger partial charge on any atom is 0.293 e. The molecule has 1 aliphatic rings. The number of amides is 1. The molecule has 0 saturated heterocycles. The van der Waals surface area contributed by atoms with Crippen LogP contribution in [0.1, 0.15) is 21.7 Å². The lowest BCUT2D eigenvalue weighted by atomic mass is 10.0. The van der Waals surface area contributed by atoms with Crippen LogP contribution in [0.3, 0.4) is 0 Å². The molecule has 0 unspecified atom stereocenters. The molecule has 1 N–H and O–H groups in total. The molecule has 2 aromatic heterocycles. The van der Waals surface area contributed by atoms with Gasteiger partial charge in [-0.05, 0) is 43.3 Å². The molecular formula is C20H16ClN3O2S. The van der Waals surface area contributed by atoms with Crippen molar-refractivity contribution < 1.29 is 9.21 Å². The first kappa shape index (κ1) is 16.7. The van der Waals surface area contributed by atoms with Gasteiger partial charge in [0.2, 0.25) is 0 Å². The predicted molar refractivity (Wildman–Crippen MR) is 109 cm³/mol. The number of nitrogens with one attached hydrogen (secondary N) is 1. The predicted octanol–water partition coefficient (Wildman–Crippen LogP) is 4.94. The van der Waals surface area contributed by atoms with E-state index in [-0.39, 0.29) is 5.91 Å². The Morgan fingerprint density at radius 2 is 2.11 bits per heavy atom. The fourth-order valence-corrected chi connectivity index (χ4v) is 4.72. The largest absolute Gasteiger partial charge is 0.451 e. The summed E-state index contributed by atoms with van der Waals surface area (Å²) in [5, 5.41) is 5.16. The highest BCUT2D eigenvalue weighted by Gasteiger charge is 2.27. The number of carbonyl (C=O) groups is 1. The molecule has 1 amide bonds. The minimum Gasteiger partial charge on any atom is -0.451 e. The highest BCUT2D eigenvalue weighted by atomic mass is 35.5. The summed E-state index contributed by atoms with van der Waals surface area (Å²) >= 11 is 7.87. The average Bonchev–Trinajstić information content (AvgIpc) is 3.16. The number of thiazole rings is 1. The first-order valence-electron chi connectivity index (χ1n) is 8.68. The van der Waals surface area contributed by atoms with Crippen LogP contribution < -0.4 is 5.32 Å². The van der Waals surface area contributed by atoms with Crippen molar-refractivity contribution in [1.29, 1.82) is 0 Å². The number of anilines is 1. The molecule has 4 aromatic rings. The Bertz CT molecular complexity index is 1160. The van der Waals surface area contributed by atoms with E-state index in [9.17, 15) is 4.79 Å². The zero-order valence-electron chi connectivity index (χ0n) is 14.6. The van der Waals surface area contributed by atoms with Crippen LogP contribution in [0.2, 0.25) is 5.02 Å². The molecule has 5 rings (SSSR count). The molecule has 0 bridgehead atoms. The number of halogens is 1. The fourth-order valence-electron chi connectivity index (χ4n) is 3.61. The number of likely N-dealkylation sites (N-methyl/N-ethyl adjacent to an activating group) is 1. The average molecular weight is 398 g/mol. The Hall–Kier alpha value is -2.41. The first-order valence-corrected chi connectivity index (χ1v) is 9.88. The van der Waals surface area contributed by atoms with E-state index >= 15 is 0 Å². The van der Waals surface area contributed by atoms with E-state index in [1.54, 1.807) is 0 Å². The van der Waals surface area contributed by atoms with E-state index in [1.807, 2.05) is 43.4 Å². The Morgan fingerprint density at radius 1 is 1.26 bits per heavy atom. The van der Waals surface area contributed by atoms with Gasteiger partial charge in [-0.2, -0.15) is 0 Å². The number of furan rings is 1. The van der Waals surface area contributed by atoms with Gasteiger partial charge in [0.1, 0.15) is 5.58 Å². The van der Waals surface area contributed by atoms with Crippen LogP contribution >= 0.6 is 22.9 Å².